The highest BCUT2D eigenvalue weighted by Crippen LogP contribution is 2.34. The maximum Gasteiger partial charge on any atom is 0.252 e. The van der Waals surface area contributed by atoms with Crippen molar-refractivity contribution in [1.29, 1.82) is 0 Å². The van der Waals surface area contributed by atoms with E-state index in [0.29, 0.717) is 16.6 Å². The third-order valence-electron chi connectivity index (χ3n) is 4.81. The minimum Gasteiger partial charge on any atom is -0.505 e. The lowest BCUT2D eigenvalue weighted by molar-refractivity contribution is 0.0942. The lowest BCUT2D eigenvalue weighted by atomic mass is 9.95. The van der Waals surface area contributed by atoms with Gasteiger partial charge >= 0.3 is 0 Å². The van der Waals surface area contributed by atoms with Gasteiger partial charge in [0, 0.05) is 22.7 Å². The van der Waals surface area contributed by atoms with Crippen LogP contribution in [0.3, 0.4) is 0 Å². The number of carbonyl (C=O) groups is 1. The quantitative estimate of drug-likeness (QED) is 0.545. The molecule has 0 aliphatic carbocycles. The zero-order chi connectivity index (χ0) is 19.5. The van der Waals surface area contributed by atoms with Gasteiger partial charge in [-0.3, -0.25) is 9.78 Å². The lowest BCUT2D eigenvalue weighted by Crippen LogP contribution is -2.29. The summed E-state index contributed by atoms with van der Waals surface area (Å²) in [6.45, 7) is 2.01. The minimum atomic E-state index is -0.500. The molecule has 3 aromatic carbocycles. The molecule has 0 fully saturated rings. The van der Waals surface area contributed by atoms with Crippen LogP contribution >= 0.6 is 0 Å². The van der Waals surface area contributed by atoms with Gasteiger partial charge in [-0.2, -0.15) is 0 Å². The molecule has 4 nitrogen and oxygen atoms in total. The normalized spacial score (nSPS) is 11.9. The Bertz CT molecular complexity index is 1120. The third kappa shape index (κ3) is 3.45. The first-order valence-corrected chi connectivity index (χ1v) is 9.12. The Hall–Kier alpha value is -3.66. The second kappa shape index (κ2) is 7.53. The Balaban J connectivity index is 1.80. The molecular weight excluding hydrogens is 348 g/mol. The maximum atomic E-state index is 12.8. The summed E-state index contributed by atoms with van der Waals surface area (Å²) in [4.78, 5) is 17.1. The van der Waals surface area contributed by atoms with E-state index in [2.05, 4.69) is 10.3 Å². The van der Waals surface area contributed by atoms with E-state index in [4.69, 9.17) is 0 Å². The molecular formula is C24H20N2O2. The number of hydrogen-bond donors (Lipinski definition) is 2. The summed E-state index contributed by atoms with van der Waals surface area (Å²) in [7, 11) is 0. The zero-order valence-corrected chi connectivity index (χ0v) is 15.5. The van der Waals surface area contributed by atoms with Crippen molar-refractivity contribution in [1.82, 2.24) is 10.3 Å². The standard InChI is InChI=1S/C24H20N2O2/c1-16-9-11-18(12-10-16)21(26-24(28)19-6-3-2-4-7-19)20-14-13-17-8-5-15-25-22(17)23(20)27/h2-15,21,27H,1H3,(H,26,28). The Labute approximate surface area is 163 Å². The Morgan fingerprint density at radius 3 is 2.43 bits per heavy atom. The van der Waals surface area contributed by atoms with Crippen molar-refractivity contribution in [2.24, 2.45) is 0 Å². The molecule has 0 aliphatic rings. The topological polar surface area (TPSA) is 62.2 Å². The van der Waals surface area contributed by atoms with Crippen LogP contribution in [0.1, 0.15) is 33.1 Å². The minimum absolute atomic E-state index is 0.0806. The lowest BCUT2D eigenvalue weighted by Gasteiger charge is -2.21. The van der Waals surface area contributed by atoms with Gasteiger partial charge < -0.3 is 10.4 Å². The number of benzene rings is 3. The number of fused-ring (bicyclic) bond motifs is 1. The first kappa shape index (κ1) is 17.7. The molecule has 0 spiro atoms. The van der Waals surface area contributed by atoms with Crippen LogP contribution < -0.4 is 5.32 Å². The van der Waals surface area contributed by atoms with Gasteiger partial charge in [0.05, 0.1) is 6.04 Å². The third-order valence-corrected chi connectivity index (χ3v) is 4.81. The van der Waals surface area contributed by atoms with Crippen molar-refractivity contribution in [3.8, 4) is 5.75 Å². The SMILES string of the molecule is Cc1ccc(C(NC(=O)c2ccccc2)c2ccc3cccnc3c2O)cc1. The Morgan fingerprint density at radius 2 is 1.68 bits per heavy atom. The molecule has 1 heterocycles. The van der Waals surface area contributed by atoms with Gasteiger partial charge in [-0.15, -0.1) is 0 Å². The van der Waals surface area contributed by atoms with E-state index in [1.54, 1.807) is 18.3 Å². The molecule has 4 rings (SSSR count). The molecule has 0 saturated carbocycles. The van der Waals surface area contributed by atoms with Crippen molar-refractivity contribution in [2.45, 2.75) is 13.0 Å². The van der Waals surface area contributed by atoms with E-state index in [1.165, 1.54) is 0 Å². The average Bonchev–Trinajstić information content (AvgIpc) is 2.74. The van der Waals surface area contributed by atoms with Crippen LogP contribution in [-0.2, 0) is 0 Å². The fourth-order valence-electron chi connectivity index (χ4n) is 3.28. The molecule has 0 bridgehead atoms. The van der Waals surface area contributed by atoms with Gasteiger partial charge in [0.15, 0.2) is 0 Å². The fraction of sp³-hybridized carbons (Fsp3) is 0.0833. The molecule has 1 aromatic heterocycles. The van der Waals surface area contributed by atoms with E-state index in [-0.39, 0.29) is 11.7 Å². The fourth-order valence-corrected chi connectivity index (χ4v) is 3.28. The van der Waals surface area contributed by atoms with Crippen molar-refractivity contribution < 1.29 is 9.90 Å². The Kier molecular flexibility index (Phi) is 4.77. The molecule has 28 heavy (non-hydrogen) atoms. The number of aromatic hydroxyl groups is 1. The predicted octanol–water partition coefficient (Wildman–Crippen LogP) is 4.77. The molecule has 1 amide bonds. The number of nitrogens with zero attached hydrogens (tertiary/aromatic N) is 1. The van der Waals surface area contributed by atoms with Crippen LogP contribution in [0, 0.1) is 6.92 Å². The number of carbonyl (C=O) groups excluding carboxylic acids is 1. The molecule has 0 radical (unpaired) electrons. The maximum absolute atomic E-state index is 12.8. The van der Waals surface area contributed by atoms with Crippen molar-refractivity contribution >= 4 is 16.8 Å². The number of phenols is 1. The molecule has 4 aromatic rings. The van der Waals surface area contributed by atoms with Crippen LogP contribution in [0.15, 0.2) is 85.1 Å². The van der Waals surface area contributed by atoms with E-state index < -0.39 is 6.04 Å². The number of amides is 1. The molecule has 0 saturated heterocycles. The van der Waals surface area contributed by atoms with Crippen molar-refractivity contribution in [3.63, 3.8) is 0 Å². The number of hydrogen-bond acceptors (Lipinski definition) is 3. The van der Waals surface area contributed by atoms with Crippen LogP contribution in [-0.4, -0.2) is 16.0 Å². The van der Waals surface area contributed by atoms with Gasteiger partial charge in [0.25, 0.3) is 5.91 Å². The van der Waals surface area contributed by atoms with Gasteiger partial charge in [0.1, 0.15) is 11.3 Å². The number of aryl methyl sites for hydroxylation is 1. The van der Waals surface area contributed by atoms with Gasteiger partial charge in [-0.25, -0.2) is 0 Å². The highest BCUT2D eigenvalue weighted by Gasteiger charge is 2.22. The average molecular weight is 368 g/mol. The second-order valence-electron chi connectivity index (χ2n) is 6.76. The first-order valence-electron chi connectivity index (χ1n) is 9.12. The monoisotopic (exact) mass is 368 g/mol. The number of aromatic nitrogens is 1. The molecule has 1 unspecified atom stereocenters. The summed E-state index contributed by atoms with van der Waals surface area (Å²) in [5, 5.41) is 14.8. The number of rotatable bonds is 4. The van der Waals surface area contributed by atoms with E-state index >= 15 is 0 Å². The van der Waals surface area contributed by atoms with Crippen LogP contribution in [0.25, 0.3) is 10.9 Å². The summed E-state index contributed by atoms with van der Waals surface area (Å²) in [6, 6.07) is 24.0. The van der Waals surface area contributed by atoms with E-state index in [0.717, 1.165) is 16.5 Å². The van der Waals surface area contributed by atoms with Crippen LogP contribution in [0.5, 0.6) is 5.75 Å². The largest absolute Gasteiger partial charge is 0.505 e. The number of nitrogens with one attached hydrogen (secondary N) is 1. The summed E-state index contributed by atoms with van der Waals surface area (Å²) in [5.41, 5.74) is 3.71. The van der Waals surface area contributed by atoms with Gasteiger partial charge in [0.2, 0.25) is 0 Å². The first-order chi connectivity index (χ1) is 13.6. The molecule has 138 valence electrons. The van der Waals surface area contributed by atoms with E-state index in [1.807, 2.05) is 73.7 Å². The predicted molar refractivity (Wildman–Crippen MR) is 110 cm³/mol. The van der Waals surface area contributed by atoms with Gasteiger partial charge in [-0.05, 0) is 30.7 Å². The van der Waals surface area contributed by atoms with Gasteiger partial charge in [-0.1, -0.05) is 66.2 Å². The zero-order valence-electron chi connectivity index (χ0n) is 15.5. The summed E-state index contributed by atoms with van der Waals surface area (Å²) >= 11 is 0. The highest BCUT2D eigenvalue weighted by atomic mass is 16.3. The summed E-state index contributed by atoms with van der Waals surface area (Å²) in [6.07, 6.45) is 1.65. The van der Waals surface area contributed by atoms with Crippen LogP contribution in [0.2, 0.25) is 0 Å². The number of phenolic OH excluding ortho intramolecular Hbond substituents is 1. The highest BCUT2D eigenvalue weighted by molar-refractivity contribution is 5.95. The molecule has 4 heteroatoms. The molecule has 2 N–H and O–H groups in total. The van der Waals surface area contributed by atoms with Crippen molar-refractivity contribution in [2.75, 3.05) is 0 Å². The van der Waals surface area contributed by atoms with E-state index in [9.17, 15) is 9.90 Å². The van der Waals surface area contributed by atoms with Crippen LogP contribution in [0.4, 0.5) is 0 Å². The summed E-state index contributed by atoms with van der Waals surface area (Å²) in [5.74, 6) is -0.122. The molecule has 0 aliphatic heterocycles. The number of pyridine rings is 1. The second-order valence-corrected chi connectivity index (χ2v) is 6.76. The van der Waals surface area contributed by atoms with Crippen molar-refractivity contribution in [3.05, 3.63) is 107 Å². The Morgan fingerprint density at radius 1 is 0.929 bits per heavy atom. The molecule has 1 atom stereocenters. The summed E-state index contributed by atoms with van der Waals surface area (Å²) < 4.78 is 0. The smallest absolute Gasteiger partial charge is 0.252 e.